The van der Waals surface area contributed by atoms with Gasteiger partial charge in [-0.05, 0) is 43.0 Å². The number of ether oxygens (including phenoxy) is 1. The molecule has 0 unspecified atom stereocenters. The molecule has 2 aliphatic rings. The van der Waals surface area contributed by atoms with Gasteiger partial charge in [-0.15, -0.1) is 0 Å². The molecule has 7 nitrogen and oxygen atoms in total. The first-order valence-corrected chi connectivity index (χ1v) is 12.1. The summed E-state index contributed by atoms with van der Waals surface area (Å²) < 4.78 is 32.8. The van der Waals surface area contributed by atoms with Gasteiger partial charge >= 0.3 is 0 Å². The number of carbonyl (C=O) groups is 1. The van der Waals surface area contributed by atoms with Gasteiger partial charge in [-0.2, -0.15) is 4.31 Å². The van der Waals surface area contributed by atoms with Crippen molar-refractivity contribution in [2.75, 3.05) is 44.7 Å². The van der Waals surface area contributed by atoms with Gasteiger partial charge in [-0.3, -0.25) is 9.69 Å². The van der Waals surface area contributed by atoms with E-state index in [4.69, 9.17) is 4.74 Å². The second-order valence-electron chi connectivity index (χ2n) is 8.15. The lowest BCUT2D eigenvalue weighted by molar-refractivity contribution is -0.119. The summed E-state index contributed by atoms with van der Waals surface area (Å²) in [6, 6.07) is 15.7. The Kier molecular flexibility index (Phi) is 6.71. The fourth-order valence-corrected chi connectivity index (χ4v) is 5.75. The minimum Gasteiger partial charge on any atom is -0.379 e. The monoisotopic (exact) mass is 443 g/mol. The quantitative estimate of drug-likeness (QED) is 0.710. The lowest BCUT2D eigenvalue weighted by atomic mass is 9.95. The summed E-state index contributed by atoms with van der Waals surface area (Å²) >= 11 is 0. The number of rotatable bonds is 7. The molecule has 4 rings (SSSR count). The van der Waals surface area contributed by atoms with Crippen molar-refractivity contribution in [1.82, 2.24) is 9.21 Å². The number of amides is 1. The van der Waals surface area contributed by atoms with Crippen LogP contribution in [0.3, 0.4) is 0 Å². The van der Waals surface area contributed by atoms with Crippen molar-refractivity contribution in [3.8, 4) is 0 Å². The number of hydrogen-bond acceptors (Lipinski definition) is 5. The predicted octanol–water partition coefficient (Wildman–Crippen LogP) is 2.27. The molecule has 1 amide bonds. The lowest BCUT2D eigenvalue weighted by Crippen LogP contribution is -2.51. The molecule has 0 radical (unpaired) electrons. The SMILES string of the molecule is Cc1ccc(NC(=O)CN2CC[C@H]2Cc2ccccc2)cc1S(=O)(=O)N1CCOCC1. The van der Waals surface area contributed by atoms with Crippen LogP contribution in [-0.2, 0) is 26.0 Å². The molecule has 2 aromatic carbocycles. The number of nitrogens with zero attached hydrogens (tertiary/aromatic N) is 2. The number of carbonyl (C=O) groups excluding carboxylic acids is 1. The Morgan fingerprint density at radius 3 is 2.52 bits per heavy atom. The molecule has 0 saturated carbocycles. The Bertz CT molecular complexity index is 1020. The van der Waals surface area contributed by atoms with E-state index in [1.807, 2.05) is 18.2 Å². The zero-order valence-corrected chi connectivity index (χ0v) is 18.6. The van der Waals surface area contributed by atoms with Gasteiger partial charge in [-0.25, -0.2) is 8.42 Å². The predicted molar refractivity (Wildman–Crippen MR) is 120 cm³/mol. The van der Waals surface area contributed by atoms with E-state index >= 15 is 0 Å². The molecule has 166 valence electrons. The van der Waals surface area contributed by atoms with Crippen LogP contribution in [0.15, 0.2) is 53.4 Å². The molecule has 2 fully saturated rings. The molecule has 2 saturated heterocycles. The zero-order valence-electron chi connectivity index (χ0n) is 17.8. The Morgan fingerprint density at radius 2 is 1.84 bits per heavy atom. The van der Waals surface area contributed by atoms with Crippen LogP contribution in [-0.4, -0.2) is 69.0 Å². The first-order chi connectivity index (χ1) is 14.9. The fraction of sp³-hybridized carbons (Fsp3) is 0.435. The van der Waals surface area contributed by atoms with Crippen LogP contribution >= 0.6 is 0 Å². The second-order valence-corrected chi connectivity index (χ2v) is 10.1. The number of benzene rings is 2. The number of anilines is 1. The average molecular weight is 444 g/mol. The first kappa shape index (κ1) is 22.0. The molecule has 1 N–H and O–H groups in total. The maximum absolute atomic E-state index is 13.0. The van der Waals surface area contributed by atoms with Crippen molar-refractivity contribution in [3.63, 3.8) is 0 Å². The molecule has 8 heteroatoms. The zero-order chi connectivity index (χ0) is 21.8. The number of nitrogens with one attached hydrogen (secondary N) is 1. The highest BCUT2D eigenvalue weighted by atomic mass is 32.2. The van der Waals surface area contributed by atoms with Crippen LogP contribution in [0.25, 0.3) is 0 Å². The molecule has 2 heterocycles. The van der Waals surface area contributed by atoms with E-state index in [1.54, 1.807) is 25.1 Å². The highest BCUT2D eigenvalue weighted by Crippen LogP contribution is 2.25. The summed E-state index contributed by atoms with van der Waals surface area (Å²) in [5.74, 6) is -0.128. The van der Waals surface area contributed by atoms with Gasteiger partial charge in [0.2, 0.25) is 15.9 Å². The molecule has 31 heavy (non-hydrogen) atoms. The highest BCUT2D eigenvalue weighted by molar-refractivity contribution is 7.89. The molecule has 0 aliphatic carbocycles. The molecular weight excluding hydrogens is 414 g/mol. The largest absolute Gasteiger partial charge is 0.379 e. The number of hydrogen-bond donors (Lipinski definition) is 1. The van der Waals surface area contributed by atoms with Crippen molar-refractivity contribution in [2.45, 2.75) is 30.7 Å². The van der Waals surface area contributed by atoms with E-state index in [9.17, 15) is 13.2 Å². The van der Waals surface area contributed by atoms with Crippen LogP contribution in [0.1, 0.15) is 17.5 Å². The Morgan fingerprint density at radius 1 is 1.10 bits per heavy atom. The summed E-state index contributed by atoms with van der Waals surface area (Å²) in [5.41, 5.74) is 2.44. The number of likely N-dealkylation sites (tertiary alicyclic amines) is 1. The number of aryl methyl sites for hydroxylation is 1. The number of morpholine rings is 1. The molecule has 1 atom stereocenters. The Balaban J connectivity index is 1.39. The minimum absolute atomic E-state index is 0.128. The third-order valence-electron chi connectivity index (χ3n) is 5.99. The summed E-state index contributed by atoms with van der Waals surface area (Å²) in [6.07, 6.45) is 2.01. The van der Waals surface area contributed by atoms with Gasteiger partial charge < -0.3 is 10.1 Å². The van der Waals surface area contributed by atoms with E-state index < -0.39 is 10.0 Å². The minimum atomic E-state index is -3.62. The van der Waals surface area contributed by atoms with Gasteiger partial charge in [0.1, 0.15) is 0 Å². The summed E-state index contributed by atoms with van der Waals surface area (Å²) in [7, 11) is -3.62. The van der Waals surface area contributed by atoms with Crippen LogP contribution in [0.4, 0.5) is 5.69 Å². The highest BCUT2D eigenvalue weighted by Gasteiger charge is 2.30. The van der Waals surface area contributed by atoms with Crippen molar-refractivity contribution >= 4 is 21.6 Å². The summed E-state index contributed by atoms with van der Waals surface area (Å²) in [6.45, 7) is 4.45. The standard InChI is InChI=1S/C23H29N3O4S/c1-18-7-8-20(16-22(18)31(28,29)26-11-13-30-14-12-26)24-23(27)17-25-10-9-21(25)15-19-5-3-2-4-6-19/h2-8,16,21H,9-15,17H2,1H3,(H,24,27)/t21-/m0/s1. The van der Waals surface area contributed by atoms with Gasteiger partial charge in [0.15, 0.2) is 0 Å². The molecular formula is C23H29N3O4S. The lowest BCUT2D eigenvalue weighted by Gasteiger charge is -2.40. The Hall–Kier alpha value is -2.26. The third kappa shape index (κ3) is 5.15. The summed E-state index contributed by atoms with van der Waals surface area (Å²) in [4.78, 5) is 15.0. The van der Waals surface area contributed by atoms with E-state index in [0.717, 1.165) is 19.4 Å². The second kappa shape index (κ2) is 9.48. The maximum Gasteiger partial charge on any atom is 0.243 e. The third-order valence-corrected chi connectivity index (χ3v) is 8.03. The molecule has 0 spiro atoms. The van der Waals surface area contributed by atoms with Crippen LogP contribution in [0.5, 0.6) is 0 Å². The first-order valence-electron chi connectivity index (χ1n) is 10.7. The van der Waals surface area contributed by atoms with Gasteiger partial charge in [-0.1, -0.05) is 36.4 Å². The topological polar surface area (TPSA) is 79.0 Å². The van der Waals surface area contributed by atoms with E-state index in [-0.39, 0.29) is 10.8 Å². The molecule has 2 aromatic rings. The van der Waals surface area contributed by atoms with Crippen LogP contribution in [0, 0.1) is 6.92 Å². The van der Waals surface area contributed by atoms with Crippen molar-refractivity contribution in [3.05, 3.63) is 59.7 Å². The average Bonchev–Trinajstić information content (AvgIpc) is 2.77. The normalized spacial score (nSPS) is 20.2. The molecule has 0 aromatic heterocycles. The van der Waals surface area contributed by atoms with Crippen LogP contribution in [0.2, 0.25) is 0 Å². The van der Waals surface area contributed by atoms with Crippen molar-refractivity contribution in [1.29, 1.82) is 0 Å². The van der Waals surface area contributed by atoms with Crippen molar-refractivity contribution in [2.24, 2.45) is 0 Å². The van der Waals surface area contributed by atoms with Gasteiger partial charge in [0.25, 0.3) is 0 Å². The molecule has 2 aliphatic heterocycles. The Labute approximate surface area is 184 Å². The van der Waals surface area contributed by atoms with Crippen molar-refractivity contribution < 1.29 is 17.9 Å². The van der Waals surface area contributed by atoms with Gasteiger partial charge in [0.05, 0.1) is 24.7 Å². The van der Waals surface area contributed by atoms with E-state index in [2.05, 4.69) is 22.3 Å². The van der Waals surface area contributed by atoms with Crippen LogP contribution < -0.4 is 5.32 Å². The maximum atomic E-state index is 13.0. The summed E-state index contributed by atoms with van der Waals surface area (Å²) in [5, 5.41) is 2.88. The van der Waals surface area contributed by atoms with E-state index in [1.165, 1.54) is 9.87 Å². The molecule has 0 bridgehead atoms. The smallest absolute Gasteiger partial charge is 0.243 e. The van der Waals surface area contributed by atoms with E-state index in [0.29, 0.717) is 50.1 Å². The fourth-order valence-electron chi connectivity index (χ4n) is 4.09. The number of sulfonamides is 1. The van der Waals surface area contributed by atoms with Gasteiger partial charge in [0, 0.05) is 31.4 Å².